The van der Waals surface area contributed by atoms with Crippen LogP contribution in [0.4, 0.5) is 5.82 Å². The zero-order valence-corrected chi connectivity index (χ0v) is 12.0. The first-order valence-electron chi connectivity index (χ1n) is 6.54. The van der Waals surface area contributed by atoms with Crippen LogP contribution in [0, 0.1) is 0 Å². The van der Waals surface area contributed by atoms with Gasteiger partial charge in [0.15, 0.2) is 11.6 Å². The fraction of sp³-hybridized carbons (Fsp3) is 0.538. The number of thiocarbonyl (C=S) groups is 1. The lowest BCUT2D eigenvalue weighted by Crippen LogP contribution is -2.48. The maximum absolute atomic E-state index is 5.62. The fourth-order valence-electron chi connectivity index (χ4n) is 2.23. The van der Waals surface area contributed by atoms with E-state index in [4.69, 9.17) is 22.7 Å². The van der Waals surface area contributed by atoms with Crippen molar-refractivity contribution in [2.24, 2.45) is 5.73 Å². The molecular weight excluding hydrogens is 260 g/mol. The van der Waals surface area contributed by atoms with Gasteiger partial charge in [-0.05, 0) is 19.1 Å². The third kappa shape index (κ3) is 3.78. The third-order valence-electron chi connectivity index (χ3n) is 3.10. The lowest BCUT2D eigenvalue weighted by molar-refractivity contribution is 0.288. The average molecular weight is 280 g/mol. The Morgan fingerprint density at radius 3 is 2.79 bits per heavy atom. The van der Waals surface area contributed by atoms with Crippen molar-refractivity contribution in [2.45, 2.75) is 6.92 Å². The van der Waals surface area contributed by atoms with Crippen LogP contribution in [-0.4, -0.2) is 54.2 Å². The second kappa shape index (κ2) is 6.68. The Balaban J connectivity index is 1.99. The van der Waals surface area contributed by atoms with Gasteiger partial charge >= 0.3 is 0 Å². The number of hydrogen-bond acceptors (Lipinski definition) is 5. The molecule has 0 spiro atoms. The van der Waals surface area contributed by atoms with E-state index < -0.39 is 0 Å². The van der Waals surface area contributed by atoms with Gasteiger partial charge in [0, 0.05) is 38.9 Å². The summed E-state index contributed by atoms with van der Waals surface area (Å²) in [6.07, 6.45) is 1.80. The molecule has 1 aliphatic rings. The molecule has 0 unspecified atom stereocenters. The summed E-state index contributed by atoms with van der Waals surface area (Å²) in [4.78, 5) is 9.51. The fourth-order valence-corrected chi connectivity index (χ4v) is 2.41. The van der Waals surface area contributed by atoms with Gasteiger partial charge in [0.05, 0.1) is 11.6 Å². The molecule has 0 atom stereocenters. The van der Waals surface area contributed by atoms with Crippen molar-refractivity contribution in [1.29, 1.82) is 0 Å². The van der Waals surface area contributed by atoms with Crippen LogP contribution in [0.3, 0.4) is 0 Å². The lowest BCUT2D eigenvalue weighted by atomic mass is 10.3. The molecule has 0 saturated carbocycles. The number of anilines is 1. The van der Waals surface area contributed by atoms with Crippen LogP contribution >= 0.6 is 12.2 Å². The van der Waals surface area contributed by atoms with Gasteiger partial charge in [-0.1, -0.05) is 12.2 Å². The summed E-state index contributed by atoms with van der Waals surface area (Å²) in [7, 11) is 0. The van der Waals surface area contributed by atoms with Crippen molar-refractivity contribution in [1.82, 2.24) is 9.88 Å². The lowest BCUT2D eigenvalue weighted by Gasteiger charge is -2.35. The highest BCUT2D eigenvalue weighted by Crippen LogP contribution is 2.25. The Morgan fingerprint density at radius 1 is 1.42 bits per heavy atom. The van der Waals surface area contributed by atoms with E-state index in [0.29, 0.717) is 18.1 Å². The zero-order valence-electron chi connectivity index (χ0n) is 11.2. The molecule has 1 saturated heterocycles. The second-order valence-corrected chi connectivity index (χ2v) is 5.01. The van der Waals surface area contributed by atoms with E-state index in [0.717, 1.165) is 37.7 Å². The SMILES string of the molecule is CCOc1cccnc1N1CCN(CC(N)=S)CC1. The number of hydrogen-bond donors (Lipinski definition) is 1. The molecule has 0 aliphatic carbocycles. The number of piperazine rings is 1. The molecule has 2 heterocycles. The van der Waals surface area contributed by atoms with Crippen LogP contribution in [0.15, 0.2) is 18.3 Å². The van der Waals surface area contributed by atoms with Crippen molar-refractivity contribution in [3.05, 3.63) is 18.3 Å². The summed E-state index contributed by atoms with van der Waals surface area (Å²) < 4.78 is 5.62. The number of nitrogens with zero attached hydrogens (tertiary/aromatic N) is 3. The minimum Gasteiger partial charge on any atom is -0.490 e. The average Bonchev–Trinajstić information content (AvgIpc) is 2.40. The van der Waals surface area contributed by atoms with Gasteiger partial charge in [-0.25, -0.2) is 4.98 Å². The second-order valence-electron chi connectivity index (χ2n) is 4.49. The van der Waals surface area contributed by atoms with Gasteiger partial charge < -0.3 is 15.4 Å². The Bertz CT molecular complexity index is 432. The number of ether oxygens (including phenoxy) is 1. The van der Waals surface area contributed by atoms with E-state index in [1.165, 1.54) is 0 Å². The maximum atomic E-state index is 5.62. The Hall–Kier alpha value is -1.40. The first-order chi connectivity index (χ1) is 9.20. The van der Waals surface area contributed by atoms with E-state index >= 15 is 0 Å². The molecule has 0 radical (unpaired) electrons. The molecule has 1 aromatic heterocycles. The third-order valence-corrected chi connectivity index (χ3v) is 3.23. The molecule has 1 fully saturated rings. The van der Waals surface area contributed by atoms with Gasteiger partial charge in [-0.2, -0.15) is 0 Å². The normalized spacial score (nSPS) is 16.4. The number of aromatic nitrogens is 1. The van der Waals surface area contributed by atoms with Crippen molar-refractivity contribution in [3.8, 4) is 5.75 Å². The van der Waals surface area contributed by atoms with Crippen molar-refractivity contribution in [2.75, 3.05) is 44.2 Å². The first kappa shape index (κ1) is 14.0. The van der Waals surface area contributed by atoms with Crippen molar-refractivity contribution < 1.29 is 4.74 Å². The number of nitrogens with two attached hydrogens (primary N) is 1. The Kier molecular flexibility index (Phi) is 4.93. The van der Waals surface area contributed by atoms with E-state index in [1.54, 1.807) is 6.20 Å². The molecule has 2 rings (SSSR count). The largest absolute Gasteiger partial charge is 0.490 e. The van der Waals surface area contributed by atoms with E-state index in [1.807, 2.05) is 19.1 Å². The van der Waals surface area contributed by atoms with Crippen molar-refractivity contribution in [3.63, 3.8) is 0 Å². The maximum Gasteiger partial charge on any atom is 0.171 e. The van der Waals surface area contributed by atoms with Crippen LogP contribution in [0.2, 0.25) is 0 Å². The van der Waals surface area contributed by atoms with E-state index in [2.05, 4.69) is 14.8 Å². The highest BCUT2D eigenvalue weighted by atomic mass is 32.1. The molecule has 1 aromatic rings. The minimum atomic E-state index is 0.557. The smallest absolute Gasteiger partial charge is 0.171 e. The van der Waals surface area contributed by atoms with Crippen LogP contribution in [-0.2, 0) is 0 Å². The summed E-state index contributed by atoms with van der Waals surface area (Å²) in [6.45, 7) is 7.05. The predicted octanol–water partition coefficient (Wildman–Crippen LogP) is 0.888. The van der Waals surface area contributed by atoms with Gasteiger partial charge in [0.25, 0.3) is 0 Å². The monoisotopic (exact) mass is 280 g/mol. The summed E-state index contributed by atoms with van der Waals surface area (Å²) in [5, 5.41) is 0. The summed E-state index contributed by atoms with van der Waals surface area (Å²) in [6, 6.07) is 3.87. The molecule has 6 heteroatoms. The molecular formula is C13H20N4OS. The van der Waals surface area contributed by atoms with E-state index in [-0.39, 0.29) is 0 Å². The van der Waals surface area contributed by atoms with Gasteiger partial charge in [0.2, 0.25) is 0 Å². The summed E-state index contributed by atoms with van der Waals surface area (Å²) >= 11 is 4.94. The van der Waals surface area contributed by atoms with Crippen LogP contribution in [0.5, 0.6) is 5.75 Å². The van der Waals surface area contributed by atoms with E-state index in [9.17, 15) is 0 Å². The Morgan fingerprint density at radius 2 is 2.16 bits per heavy atom. The summed E-state index contributed by atoms with van der Waals surface area (Å²) in [5.41, 5.74) is 5.58. The predicted molar refractivity (Wildman–Crippen MR) is 80.8 cm³/mol. The zero-order chi connectivity index (χ0) is 13.7. The quantitative estimate of drug-likeness (QED) is 0.808. The van der Waals surface area contributed by atoms with Crippen LogP contribution < -0.4 is 15.4 Å². The van der Waals surface area contributed by atoms with Gasteiger partial charge in [-0.3, -0.25) is 4.90 Å². The topological polar surface area (TPSA) is 54.6 Å². The highest BCUT2D eigenvalue weighted by molar-refractivity contribution is 7.80. The molecule has 19 heavy (non-hydrogen) atoms. The molecule has 0 aromatic carbocycles. The summed E-state index contributed by atoms with van der Waals surface area (Å²) in [5.74, 6) is 1.78. The minimum absolute atomic E-state index is 0.557. The van der Waals surface area contributed by atoms with Gasteiger partial charge in [-0.15, -0.1) is 0 Å². The van der Waals surface area contributed by atoms with Crippen LogP contribution in [0.1, 0.15) is 6.92 Å². The van der Waals surface area contributed by atoms with Crippen molar-refractivity contribution >= 4 is 23.0 Å². The number of rotatable bonds is 5. The molecule has 5 nitrogen and oxygen atoms in total. The molecule has 104 valence electrons. The van der Waals surface area contributed by atoms with Gasteiger partial charge in [0.1, 0.15) is 0 Å². The standard InChI is InChI=1S/C13H20N4OS/c1-2-18-11-4-3-5-15-13(11)17-8-6-16(7-9-17)10-12(14)19/h3-5H,2,6-10H2,1H3,(H2,14,19). The molecule has 1 aliphatic heterocycles. The highest BCUT2D eigenvalue weighted by Gasteiger charge is 2.20. The Labute approximate surface area is 119 Å². The molecule has 2 N–H and O–H groups in total. The molecule has 0 bridgehead atoms. The molecule has 0 amide bonds. The number of pyridine rings is 1. The first-order valence-corrected chi connectivity index (χ1v) is 6.95. The van der Waals surface area contributed by atoms with Crippen LogP contribution in [0.25, 0.3) is 0 Å².